The third kappa shape index (κ3) is 7.97. The number of thioether (sulfide) groups is 2. The van der Waals surface area contributed by atoms with Gasteiger partial charge in [-0.15, -0.1) is 20.4 Å². The van der Waals surface area contributed by atoms with Gasteiger partial charge >= 0.3 is 0 Å². The molecule has 0 aliphatic carbocycles. The number of benzene rings is 2. The van der Waals surface area contributed by atoms with Crippen LogP contribution in [0.15, 0.2) is 71.0 Å². The molecular weight excluding hydrogens is 669 g/mol. The number of hydrogen-bond acceptors (Lipinski definition) is 10. The third-order valence-corrected chi connectivity index (χ3v) is 9.94. The molecule has 258 valence electrons. The minimum atomic E-state index is -0.104. The number of nitrogens with zero attached hydrogens (tertiary/aromatic N) is 10. The SMILES string of the molecule is Cc1cccc(-n2c(CCCCc3nnc(SCC(=O)n4nc(C)cc4C)n3-c3cccc(C)c3)nnc2SCC(=O)n2nc(C)cc2C)c1. The lowest BCUT2D eigenvalue weighted by Crippen LogP contribution is -2.17. The van der Waals surface area contributed by atoms with Gasteiger partial charge in [-0.1, -0.05) is 47.8 Å². The maximum Gasteiger partial charge on any atom is 0.257 e. The van der Waals surface area contributed by atoms with Gasteiger partial charge in [0.25, 0.3) is 11.8 Å². The summed E-state index contributed by atoms with van der Waals surface area (Å²) in [4.78, 5) is 26.0. The largest absolute Gasteiger partial charge is 0.274 e. The van der Waals surface area contributed by atoms with Gasteiger partial charge in [-0.25, -0.2) is 9.36 Å². The second kappa shape index (κ2) is 15.4. The zero-order valence-electron chi connectivity index (χ0n) is 29.1. The molecule has 6 rings (SSSR count). The van der Waals surface area contributed by atoms with Crippen molar-refractivity contribution in [2.24, 2.45) is 0 Å². The van der Waals surface area contributed by atoms with Crippen molar-refractivity contribution < 1.29 is 9.59 Å². The van der Waals surface area contributed by atoms with Crippen LogP contribution < -0.4 is 0 Å². The Labute approximate surface area is 299 Å². The van der Waals surface area contributed by atoms with E-state index in [-0.39, 0.29) is 23.3 Å². The van der Waals surface area contributed by atoms with Crippen LogP contribution >= 0.6 is 23.5 Å². The Balaban J connectivity index is 1.16. The van der Waals surface area contributed by atoms with Crippen LogP contribution in [0, 0.1) is 41.5 Å². The normalized spacial score (nSPS) is 11.4. The second-order valence-corrected chi connectivity index (χ2v) is 14.3. The summed E-state index contributed by atoms with van der Waals surface area (Å²) in [6.07, 6.45) is 3.03. The standard InChI is InChI=1S/C36H40N10O2S2/c1-23-11-9-13-29(17-23)43-31(37-39-35(43)49-21-33(47)45-27(5)19-25(3)41-45)15-7-8-16-32-38-40-36(44(32)30-14-10-12-24(2)18-30)50-22-34(48)46-28(6)20-26(4)42-46/h9-14,17-20H,7-8,15-16,21-22H2,1-6H3. The maximum absolute atomic E-state index is 13.0. The van der Waals surface area contributed by atoms with Gasteiger partial charge < -0.3 is 0 Å². The van der Waals surface area contributed by atoms with Gasteiger partial charge in [0.05, 0.1) is 22.9 Å². The number of aromatic nitrogens is 10. The molecule has 0 spiro atoms. The van der Waals surface area contributed by atoms with Gasteiger partial charge in [-0.05, 0) is 102 Å². The van der Waals surface area contributed by atoms with Gasteiger partial charge in [-0.2, -0.15) is 10.2 Å². The zero-order chi connectivity index (χ0) is 35.4. The molecule has 0 radical (unpaired) electrons. The molecule has 0 atom stereocenters. The quantitative estimate of drug-likeness (QED) is 0.0965. The van der Waals surface area contributed by atoms with Crippen molar-refractivity contribution in [3.05, 3.63) is 106 Å². The van der Waals surface area contributed by atoms with E-state index in [9.17, 15) is 9.59 Å². The lowest BCUT2D eigenvalue weighted by Gasteiger charge is -2.12. The lowest BCUT2D eigenvalue weighted by molar-refractivity contribution is 0.0915. The summed E-state index contributed by atoms with van der Waals surface area (Å²) in [7, 11) is 0. The topological polar surface area (TPSA) is 131 Å². The Hall–Kier alpha value is -4.82. The van der Waals surface area contributed by atoms with E-state index in [4.69, 9.17) is 0 Å². The minimum absolute atomic E-state index is 0.104. The molecule has 12 nitrogen and oxygen atoms in total. The molecule has 50 heavy (non-hydrogen) atoms. The molecule has 0 saturated heterocycles. The highest BCUT2D eigenvalue weighted by atomic mass is 32.2. The van der Waals surface area contributed by atoms with Crippen molar-refractivity contribution in [2.45, 2.75) is 77.5 Å². The first-order chi connectivity index (χ1) is 24.1. The number of unbranched alkanes of at least 4 members (excludes halogenated alkanes) is 1. The van der Waals surface area contributed by atoms with Crippen LogP contribution in [0.5, 0.6) is 0 Å². The highest BCUT2D eigenvalue weighted by Crippen LogP contribution is 2.26. The fraction of sp³-hybridized carbons (Fsp3) is 0.333. The van der Waals surface area contributed by atoms with Gasteiger partial charge in [0.1, 0.15) is 11.6 Å². The van der Waals surface area contributed by atoms with Crippen molar-refractivity contribution in [2.75, 3.05) is 11.5 Å². The lowest BCUT2D eigenvalue weighted by atomic mass is 10.1. The van der Waals surface area contributed by atoms with Crippen LogP contribution in [0.2, 0.25) is 0 Å². The minimum Gasteiger partial charge on any atom is -0.274 e. The summed E-state index contributed by atoms with van der Waals surface area (Å²) in [6, 6.07) is 20.2. The fourth-order valence-corrected chi connectivity index (χ4v) is 7.49. The summed E-state index contributed by atoms with van der Waals surface area (Å²) in [5.41, 5.74) is 7.41. The van der Waals surface area contributed by atoms with Crippen LogP contribution in [0.3, 0.4) is 0 Å². The number of aryl methyl sites for hydroxylation is 8. The average Bonchev–Trinajstić information content (AvgIpc) is 3.85. The summed E-state index contributed by atoms with van der Waals surface area (Å²) >= 11 is 2.72. The Morgan fingerprint density at radius 2 is 1.00 bits per heavy atom. The van der Waals surface area contributed by atoms with Crippen molar-refractivity contribution in [3.8, 4) is 11.4 Å². The molecule has 0 aliphatic rings. The van der Waals surface area contributed by atoms with Gasteiger partial charge in [0, 0.05) is 35.6 Å². The molecule has 4 heterocycles. The molecule has 0 amide bonds. The smallest absolute Gasteiger partial charge is 0.257 e. The van der Waals surface area contributed by atoms with E-state index in [1.54, 1.807) is 0 Å². The van der Waals surface area contributed by atoms with E-state index in [0.29, 0.717) is 23.2 Å². The van der Waals surface area contributed by atoms with Crippen LogP contribution in [0.4, 0.5) is 0 Å². The van der Waals surface area contributed by atoms with Crippen molar-refractivity contribution in [1.82, 2.24) is 49.1 Å². The summed E-state index contributed by atoms with van der Waals surface area (Å²) in [5.74, 6) is 1.83. The monoisotopic (exact) mass is 708 g/mol. The van der Waals surface area contributed by atoms with Crippen molar-refractivity contribution >= 4 is 35.3 Å². The van der Waals surface area contributed by atoms with Crippen LogP contribution in [0.25, 0.3) is 11.4 Å². The van der Waals surface area contributed by atoms with E-state index in [0.717, 1.165) is 69.8 Å². The fourth-order valence-electron chi connectivity index (χ4n) is 5.87. The number of carbonyl (C=O) groups excluding carboxylic acids is 2. The van der Waals surface area contributed by atoms with Crippen LogP contribution in [-0.4, -0.2) is 72.4 Å². The van der Waals surface area contributed by atoms with Gasteiger partial charge in [-0.3, -0.25) is 18.7 Å². The van der Waals surface area contributed by atoms with Crippen LogP contribution in [0.1, 0.15) is 68.0 Å². The molecule has 0 fully saturated rings. The Morgan fingerprint density at radius 3 is 1.36 bits per heavy atom. The molecule has 0 aliphatic heterocycles. The Bertz CT molecular complexity index is 2010. The molecular formula is C36H40N10O2S2. The van der Waals surface area contributed by atoms with Crippen LogP contribution in [-0.2, 0) is 12.8 Å². The molecule has 2 aromatic carbocycles. The van der Waals surface area contributed by atoms with E-state index in [1.165, 1.54) is 32.9 Å². The van der Waals surface area contributed by atoms with Gasteiger partial charge in [0.15, 0.2) is 10.3 Å². The van der Waals surface area contributed by atoms with Crippen molar-refractivity contribution in [3.63, 3.8) is 0 Å². The molecule has 0 N–H and O–H groups in total. The molecule has 6 aromatic rings. The highest BCUT2D eigenvalue weighted by Gasteiger charge is 2.20. The molecule has 0 saturated carbocycles. The number of hydrogen-bond donors (Lipinski definition) is 0. The summed E-state index contributed by atoms with van der Waals surface area (Å²) < 4.78 is 7.01. The van der Waals surface area contributed by atoms with E-state index >= 15 is 0 Å². The van der Waals surface area contributed by atoms with E-state index in [1.807, 2.05) is 64.1 Å². The van der Waals surface area contributed by atoms with Crippen molar-refractivity contribution in [1.29, 1.82) is 0 Å². The number of rotatable bonds is 13. The summed E-state index contributed by atoms with van der Waals surface area (Å²) in [6.45, 7) is 11.6. The molecule has 0 unspecified atom stereocenters. The second-order valence-electron chi connectivity index (χ2n) is 12.4. The first-order valence-electron chi connectivity index (χ1n) is 16.5. The zero-order valence-corrected chi connectivity index (χ0v) is 30.8. The maximum atomic E-state index is 13.0. The third-order valence-electron chi connectivity index (χ3n) is 8.11. The molecule has 4 aromatic heterocycles. The number of carbonyl (C=O) groups is 2. The molecule has 14 heteroatoms. The van der Waals surface area contributed by atoms with Gasteiger partial charge in [0.2, 0.25) is 0 Å². The predicted octanol–water partition coefficient (Wildman–Crippen LogP) is 6.52. The highest BCUT2D eigenvalue weighted by molar-refractivity contribution is 8.00. The molecule has 0 bridgehead atoms. The Morgan fingerprint density at radius 1 is 0.580 bits per heavy atom. The first-order valence-corrected chi connectivity index (χ1v) is 18.5. The predicted molar refractivity (Wildman–Crippen MR) is 195 cm³/mol. The first kappa shape index (κ1) is 35.0. The van der Waals surface area contributed by atoms with E-state index < -0.39 is 0 Å². The Kier molecular flexibility index (Phi) is 10.8. The average molecular weight is 709 g/mol. The summed E-state index contributed by atoms with van der Waals surface area (Å²) in [5, 5.41) is 28.2. The van der Waals surface area contributed by atoms with E-state index in [2.05, 4.69) is 77.8 Å².